The van der Waals surface area contributed by atoms with Gasteiger partial charge in [-0.15, -0.1) is 0 Å². The number of carbonyl (C=O) groups is 1. The lowest BCUT2D eigenvalue weighted by Crippen LogP contribution is -2.49. The predicted octanol–water partition coefficient (Wildman–Crippen LogP) is 2.19. The normalized spacial score (nSPS) is 37.8. The molecule has 0 spiro atoms. The Kier molecular flexibility index (Phi) is 3.84. The van der Waals surface area contributed by atoms with Crippen LogP contribution in [-0.4, -0.2) is 34.9 Å². The van der Waals surface area contributed by atoms with E-state index in [1.807, 2.05) is 6.92 Å². The van der Waals surface area contributed by atoms with E-state index in [1.165, 1.54) is 38.5 Å². The SMILES string of the molecule is CCN(CC(N)=NO)C(=O)CC12CC3CC(CC(C3)C1)C2. The van der Waals surface area contributed by atoms with E-state index >= 15 is 0 Å². The van der Waals surface area contributed by atoms with Gasteiger partial charge in [0.15, 0.2) is 5.84 Å². The summed E-state index contributed by atoms with van der Waals surface area (Å²) < 4.78 is 0. The van der Waals surface area contributed by atoms with Crippen LogP contribution < -0.4 is 5.73 Å². The summed E-state index contributed by atoms with van der Waals surface area (Å²) in [4.78, 5) is 14.4. The van der Waals surface area contributed by atoms with Gasteiger partial charge in [-0.2, -0.15) is 0 Å². The number of likely N-dealkylation sites (N-methyl/N-ethyl adjacent to an activating group) is 1. The molecule has 0 radical (unpaired) electrons. The van der Waals surface area contributed by atoms with Crippen LogP contribution in [0.1, 0.15) is 51.9 Å². The molecule has 3 N–H and O–H groups in total. The smallest absolute Gasteiger partial charge is 0.223 e. The van der Waals surface area contributed by atoms with E-state index < -0.39 is 0 Å². The van der Waals surface area contributed by atoms with E-state index in [2.05, 4.69) is 5.16 Å². The molecular weight excluding hydrogens is 266 g/mol. The third-order valence-corrected chi connectivity index (χ3v) is 5.91. The van der Waals surface area contributed by atoms with Gasteiger partial charge in [0.05, 0.1) is 6.54 Å². The molecule has 4 bridgehead atoms. The number of nitrogens with two attached hydrogens (primary N) is 1. The highest BCUT2D eigenvalue weighted by atomic mass is 16.4. The highest BCUT2D eigenvalue weighted by Crippen LogP contribution is 2.61. The first-order valence-electron chi connectivity index (χ1n) is 8.28. The molecule has 4 rings (SSSR count). The first-order chi connectivity index (χ1) is 10.0. The maximum Gasteiger partial charge on any atom is 0.223 e. The van der Waals surface area contributed by atoms with Crippen molar-refractivity contribution in [2.45, 2.75) is 51.9 Å². The molecular formula is C16H27N3O2. The highest BCUT2D eigenvalue weighted by Gasteiger charge is 2.51. The molecule has 0 aromatic rings. The fraction of sp³-hybridized carbons (Fsp3) is 0.875. The lowest BCUT2D eigenvalue weighted by molar-refractivity contribution is -0.138. The van der Waals surface area contributed by atoms with Crippen molar-refractivity contribution < 1.29 is 10.0 Å². The zero-order valence-electron chi connectivity index (χ0n) is 12.9. The molecule has 0 aromatic carbocycles. The second kappa shape index (κ2) is 5.50. The number of amides is 1. The molecule has 0 heterocycles. The van der Waals surface area contributed by atoms with Gasteiger partial charge < -0.3 is 15.8 Å². The van der Waals surface area contributed by atoms with Crippen LogP contribution in [0, 0.1) is 23.2 Å². The van der Waals surface area contributed by atoms with Gasteiger partial charge in [-0.25, -0.2) is 0 Å². The quantitative estimate of drug-likeness (QED) is 0.353. The molecule has 4 fully saturated rings. The second-order valence-electron chi connectivity index (χ2n) is 7.59. The monoisotopic (exact) mass is 293 g/mol. The maximum absolute atomic E-state index is 12.6. The van der Waals surface area contributed by atoms with Gasteiger partial charge in [0, 0.05) is 13.0 Å². The Morgan fingerprint density at radius 2 is 1.76 bits per heavy atom. The predicted molar refractivity (Wildman–Crippen MR) is 80.9 cm³/mol. The molecule has 4 aliphatic rings. The van der Waals surface area contributed by atoms with Gasteiger partial charge in [-0.3, -0.25) is 4.79 Å². The van der Waals surface area contributed by atoms with Crippen molar-refractivity contribution in [2.24, 2.45) is 34.1 Å². The van der Waals surface area contributed by atoms with Crippen molar-refractivity contribution in [3.8, 4) is 0 Å². The van der Waals surface area contributed by atoms with Crippen LogP contribution in [0.25, 0.3) is 0 Å². The molecule has 0 unspecified atom stereocenters. The van der Waals surface area contributed by atoms with E-state index in [1.54, 1.807) is 4.90 Å². The number of hydrogen-bond acceptors (Lipinski definition) is 3. The maximum atomic E-state index is 12.6. The van der Waals surface area contributed by atoms with Crippen molar-refractivity contribution in [1.82, 2.24) is 4.90 Å². The molecule has 4 aliphatic carbocycles. The molecule has 5 heteroatoms. The minimum absolute atomic E-state index is 0.107. The number of hydrogen-bond donors (Lipinski definition) is 2. The van der Waals surface area contributed by atoms with Crippen molar-refractivity contribution in [1.29, 1.82) is 0 Å². The fourth-order valence-corrected chi connectivity index (χ4v) is 5.54. The number of oxime groups is 1. The van der Waals surface area contributed by atoms with Crippen LogP contribution in [0.2, 0.25) is 0 Å². The topological polar surface area (TPSA) is 78.9 Å². The second-order valence-corrected chi connectivity index (χ2v) is 7.59. The average molecular weight is 293 g/mol. The van der Waals surface area contributed by atoms with Gasteiger partial charge in [-0.05, 0) is 68.6 Å². The van der Waals surface area contributed by atoms with Gasteiger partial charge in [-0.1, -0.05) is 5.16 Å². The van der Waals surface area contributed by atoms with Crippen LogP contribution in [0.15, 0.2) is 5.16 Å². The largest absolute Gasteiger partial charge is 0.409 e. The molecule has 0 aromatic heterocycles. The zero-order valence-corrected chi connectivity index (χ0v) is 12.9. The summed E-state index contributed by atoms with van der Waals surface area (Å²) in [5.74, 6) is 2.87. The van der Waals surface area contributed by atoms with Crippen LogP contribution in [-0.2, 0) is 4.79 Å². The Labute approximate surface area is 126 Å². The first-order valence-corrected chi connectivity index (χ1v) is 8.28. The fourth-order valence-electron chi connectivity index (χ4n) is 5.54. The molecule has 0 saturated heterocycles. The standard InChI is InChI=1S/C16H27N3O2/c1-2-19(10-14(17)18-21)15(20)9-16-6-11-3-12(7-16)5-13(4-11)8-16/h11-13,21H,2-10H2,1H3,(H2,17,18). The molecule has 5 nitrogen and oxygen atoms in total. The number of rotatable bonds is 5. The van der Waals surface area contributed by atoms with Crippen molar-refractivity contribution in [3.63, 3.8) is 0 Å². The summed E-state index contributed by atoms with van der Waals surface area (Å²) in [5, 5.41) is 11.7. The minimum Gasteiger partial charge on any atom is -0.409 e. The molecule has 21 heavy (non-hydrogen) atoms. The van der Waals surface area contributed by atoms with Crippen molar-refractivity contribution in [3.05, 3.63) is 0 Å². The summed E-state index contributed by atoms with van der Waals surface area (Å²) >= 11 is 0. The summed E-state index contributed by atoms with van der Waals surface area (Å²) in [6.07, 6.45) is 8.58. The lowest BCUT2D eigenvalue weighted by atomic mass is 9.49. The summed E-state index contributed by atoms with van der Waals surface area (Å²) in [5.41, 5.74) is 5.81. The van der Waals surface area contributed by atoms with Gasteiger partial charge >= 0.3 is 0 Å². The molecule has 4 saturated carbocycles. The average Bonchev–Trinajstić information content (AvgIpc) is 2.42. The van der Waals surface area contributed by atoms with E-state index in [9.17, 15) is 4.79 Å². The first kappa shape index (κ1) is 14.7. The number of amidine groups is 1. The van der Waals surface area contributed by atoms with Crippen molar-refractivity contribution >= 4 is 11.7 Å². The van der Waals surface area contributed by atoms with E-state index in [0.717, 1.165) is 17.8 Å². The highest BCUT2D eigenvalue weighted by molar-refractivity contribution is 5.87. The third kappa shape index (κ3) is 2.87. The van der Waals surface area contributed by atoms with Gasteiger partial charge in [0.1, 0.15) is 0 Å². The van der Waals surface area contributed by atoms with E-state index in [0.29, 0.717) is 13.0 Å². The molecule has 1 amide bonds. The Bertz CT molecular complexity index is 412. The summed E-state index contributed by atoms with van der Waals surface area (Å²) in [6, 6.07) is 0. The molecule has 0 atom stereocenters. The van der Waals surface area contributed by atoms with Crippen LogP contribution in [0.3, 0.4) is 0 Å². The Morgan fingerprint density at radius 3 is 2.19 bits per heavy atom. The number of carbonyl (C=O) groups excluding carboxylic acids is 1. The van der Waals surface area contributed by atoms with Crippen LogP contribution in [0.4, 0.5) is 0 Å². The zero-order chi connectivity index (χ0) is 15.0. The lowest BCUT2D eigenvalue weighted by Gasteiger charge is -2.57. The Balaban J connectivity index is 1.66. The van der Waals surface area contributed by atoms with Gasteiger partial charge in [0.2, 0.25) is 5.91 Å². The van der Waals surface area contributed by atoms with E-state index in [-0.39, 0.29) is 23.7 Å². The van der Waals surface area contributed by atoms with Gasteiger partial charge in [0.25, 0.3) is 0 Å². The third-order valence-electron chi connectivity index (χ3n) is 5.91. The number of nitrogens with zero attached hydrogens (tertiary/aromatic N) is 2. The molecule has 118 valence electrons. The van der Waals surface area contributed by atoms with Crippen LogP contribution >= 0.6 is 0 Å². The van der Waals surface area contributed by atoms with Crippen molar-refractivity contribution in [2.75, 3.05) is 13.1 Å². The summed E-state index contributed by atoms with van der Waals surface area (Å²) in [7, 11) is 0. The summed E-state index contributed by atoms with van der Waals surface area (Å²) in [6.45, 7) is 2.79. The van der Waals surface area contributed by atoms with Crippen LogP contribution in [0.5, 0.6) is 0 Å². The van der Waals surface area contributed by atoms with E-state index in [4.69, 9.17) is 10.9 Å². The minimum atomic E-state index is 0.107. The molecule has 0 aliphatic heterocycles. The Morgan fingerprint density at radius 1 is 1.24 bits per heavy atom. The Hall–Kier alpha value is -1.26.